The van der Waals surface area contributed by atoms with E-state index in [1.54, 1.807) is 0 Å². The van der Waals surface area contributed by atoms with E-state index < -0.39 is 29.8 Å². The number of rotatable bonds is 6. The van der Waals surface area contributed by atoms with Crippen molar-refractivity contribution in [2.75, 3.05) is 5.32 Å². The third-order valence-corrected chi connectivity index (χ3v) is 4.87. The number of amides is 1. The molecule has 0 radical (unpaired) electrons. The second-order valence-electron chi connectivity index (χ2n) is 6.80. The van der Waals surface area contributed by atoms with Gasteiger partial charge in [-0.15, -0.1) is 0 Å². The molecule has 2 heterocycles. The number of aromatic carboxylic acids is 1. The molecule has 1 unspecified atom stereocenters. The standard InChI is InChI=1S/C18H19F3N4O3/c19-18(20,21)14-9-25(10-23-14)13(8-11-4-1-2-5-11)16(26)24-15-12(17(27)28)6-3-7-22-15/h3,6-7,9-11,13H,1-2,4-5,8H2,(H,27,28)(H,22,24,26). The Morgan fingerprint density at radius 2 is 2.00 bits per heavy atom. The summed E-state index contributed by atoms with van der Waals surface area (Å²) in [4.78, 5) is 31.4. The Bertz CT molecular complexity index is 860. The van der Waals surface area contributed by atoms with Crippen LogP contribution in [0.15, 0.2) is 30.9 Å². The van der Waals surface area contributed by atoms with Gasteiger partial charge >= 0.3 is 12.1 Å². The third-order valence-electron chi connectivity index (χ3n) is 4.87. The topological polar surface area (TPSA) is 97.1 Å². The van der Waals surface area contributed by atoms with Crippen molar-refractivity contribution in [3.05, 3.63) is 42.1 Å². The second-order valence-corrected chi connectivity index (χ2v) is 6.80. The molecule has 1 aliphatic rings. The van der Waals surface area contributed by atoms with E-state index >= 15 is 0 Å². The van der Waals surface area contributed by atoms with Gasteiger partial charge in [-0.2, -0.15) is 13.2 Å². The number of anilines is 1. The number of aromatic nitrogens is 3. The first-order valence-electron chi connectivity index (χ1n) is 8.85. The Balaban J connectivity index is 1.87. The Labute approximate surface area is 158 Å². The molecule has 1 amide bonds. The average molecular weight is 396 g/mol. The summed E-state index contributed by atoms with van der Waals surface area (Å²) in [7, 11) is 0. The molecule has 28 heavy (non-hydrogen) atoms. The Kier molecular flexibility index (Phi) is 5.66. The number of hydrogen-bond acceptors (Lipinski definition) is 4. The first-order valence-corrected chi connectivity index (χ1v) is 8.85. The Morgan fingerprint density at radius 1 is 1.29 bits per heavy atom. The van der Waals surface area contributed by atoms with Gasteiger partial charge in [0, 0.05) is 12.4 Å². The highest BCUT2D eigenvalue weighted by Crippen LogP contribution is 2.34. The van der Waals surface area contributed by atoms with E-state index in [1.165, 1.54) is 18.3 Å². The van der Waals surface area contributed by atoms with Crippen LogP contribution in [0, 0.1) is 5.92 Å². The van der Waals surface area contributed by atoms with Crippen LogP contribution in [0.5, 0.6) is 0 Å². The van der Waals surface area contributed by atoms with Crippen molar-refractivity contribution in [2.24, 2.45) is 5.92 Å². The summed E-state index contributed by atoms with van der Waals surface area (Å²) in [6.07, 6.45) is 2.66. The van der Waals surface area contributed by atoms with E-state index in [0.29, 0.717) is 6.42 Å². The van der Waals surface area contributed by atoms with Crippen LogP contribution in [0.1, 0.15) is 54.2 Å². The molecule has 2 aromatic rings. The number of pyridine rings is 1. The van der Waals surface area contributed by atoms with Gasteiger partial charge in [0.2, 0.25) is 5.91 Å². The minimum atomic E-state index is -4.61. The molecule has 1 fully saturated rings. The van der Waals surface area contributed by atoms with Gasteiger partial charge in [0.25, 0.3) is 0 Å². The molecule has 0 saturated heterocycles. The number of alkyl halides is 3. The summed E-state index contributed by atoms with van der Waals surface area (Å²) >= 11 is 0. The Hall–Kier alpha value is -2.91. The molecule has 2 aromatic heterocycles. The number of nitrogens with zero attached hydrogens (tertiary/aromatic N) is 3. The maximum absolute atomic E-state index is 12.9. The van der Waals surface area contributed by atoms with Gasteiger partial charge in [0.1, 0.15) is 17.4 Å². The van der Waals surface area contributed by atoms with Gasteiger partial charge in [-0.05, 0) is 24.5 Å². The number of carbonyl (C=O) groups excluding carboxylic acids is 1. The zero-order valence-electron chi connectivity index (χ0n) is 14.8. The van der Waals surface area contributed by atoms with E-state index in [1.807, 2.05) is 0 Å². The molecule has 0 bridgehead atoms. The predicted molar refractivity (Wildman–Crippen MR) is 92.7 cm³/mol. The summed E-state index contributed by atoms with van der Waals surface area (Å²) in [6, 6.07) is 1.76. The molecule has 0 aliphatic heterocycles. The SMILES string of the molecule is O=C(O)c1cccnc1NC(=O)C(CC1CCCC1)n1cnc(C(F)(F)F)c1. The maximum Gasteiger partial charge on any atom is 0.434 e. The minimum Gasteiger partial charge on any atom is -0.478 e. The van der Waals surface area contributed by atoms with Crippen molar-refractivity contribution >= 4 is 17.7 Å². The molecule has 1 atom stereocenters. The molecule has 3 rings (SSSR count). The molecule has 1 saturated carbocycles. The molecule has 2 N–H and O–H groups in total. The summed E-state index contributed by atoms with van der Waals surface area (Å²) < 4.78 is 39.9. The van der Waals surface area contributed by atoms with E-state index in [-0.39, 0.29) is 17.3 Å². The summed E-state index contributed by atoms with van der Waals surface area (Å²) in [5.41, 5.74) is -1.28. The van der Waals surface area contributed by atoms with Gasteiger partial charge < -0.3 is 15.0 Å². The first kappa shape index (κ1) is 19.8. The van der Waals surface area contributed by atoms with Gasteiger partial charge in [-0.1, -0.05) is 25.7 Å². The normalized spacial score (nSPS) is 16.1. The third kappa shape index (κ3) is 4.49. The van der Waals surface area contributed by atoms with Gasteiger partial charge in [-0.3, -0.25) is 4.79 Å². The number of nitrogens with one attached hydrogen (secondary N) is 1. The second kappa shape index (κ2) is 7.99. The van der Waals surface area contributed by atoms with Crippen LogP contribution in [0.3, 0.4) is 0 Å². The lowest BCUT2D eigenvalue weighted by Crippen LogP contribution is -2.28. The molecule has 7 nitrogen and oxygen atoms in total. The summed E-state index contributed by atoms with van der Waals surface area (Å²) in [6.45, 7) is 0. The number of carboxylic acid groups (broad SMARTS) is 1. The fourth-order valence-electron chi connectivity index (χ4n) is 3.46. The number of halogens is 3. The Morgan fingerprint density at radius 3 is 2.61 bits per heavy atom. The van der Waals surface area contributed by atoms with E-state index in [0.717, 1.165) is 42.8 Å². The highest BCUT2D eigenvalue weighted by atomic mass is 19.4. The molecule has 0 spiro atoms. The van der Waals surface area contributed by atoms with Crippen molar-refractivity contribution in [3.8, 4) is 0 Å². The van der Waals surface area contributed by atoms with Crippen LogP contribution in [-0.4, -0.2) is 31.5 Å². The lowest BCUT2D eigenvalue weighted by molar-refractivity contribution is -0.141. The van der Waals surface area contributed by atoms with Crippen molar-refractivity contribution in [3.63, 3.8) is 0 Å². The van der Waals surface area contributed by atoms with E-state index in [9.17, 15) is 27.9 Å². The highest BCUT2D eigenvalue weighted by Gasteiger charge is 2.35. The number of carbonyl (C=O) groups is 2. The van der Waals surface area contributed by atoms with Crippen LogP contribution in [0.4, 0.5) is 19.0 Å². The molecular formula is C18H19F3N4O3. The van der Waals surface area contributed by atoms with Crippen molar-refractivity contribution in [1.82, 2.24) is 14.5 Å². The highest BCUT2D eigenvalue weighted by molar-refractivity contribution is 6.00. The molecule has 1 aliphatic carbocycles. The fourth-order valence-corrected chi connectivity index (χ4v) is 3.46. The lowest BCUT2D eigenvalue weighted by Gasteiger charge is -2.21. The predicted octanol–water partition coefficient (Wildman–Crippen LogP) is 3.76. The molecule has 10 heteroatoms. The quantitative estimate of drug-likeness (QED) is 0.775. The first-order chi connectivity index (χ1) is 13.3. The lowest BCUT2D eigenvalue weighted by atomic mass is 9.97. The van der Waals surface area contributed by atoms with Crippen molar-refractivity contribution in [2.45, 2.75) is 44.3 Å². The molecule has 150 valence electrons. The minimum absolute atomic E-state index is 0.146. The van der Waals surface area contributed by atoms with E-state index in [4.69, 9.17) is 0 Å². The largest absolute Gasteiger partial charge is 0.478 e. The smallest absolute Gasteiger partial charge is 0.434 e. The van der Waals surface area contributed by atoms with Crippen LogP contribution >= 0.6 is 0 Å². The maximum atomic E-state index is 12.9. The summed E-state index contributed by atoms with van der Waals surface area (Å²) in [5.74, 6) is -1.83. The monoisotopic (exact) mass is 396 g/mol. The number of hydrogen-bond donors (Lipinski definition) is 2. The zero-order chi connectivity index (χ0) is 20.3. The fraction of sp³-hybridized carbons (Fsp3) is 0.444. The van der Waals surface area contributed by atoms with Crippen LogP contribution in [-0.2, 0) is 11.0 Å². The van der Waals surface area contributed by atoms with Crippen LogP contribution in [0.25, 0.3) is 0 Å². The molecule has 0 aromatic carbocycles. The number of carboxylic acids is 1. The molecular weight excluding hydrogens is 377 g/mol. The van der Waals surface area contributed by atoms with Crippen LogP contribution < -0.4 is 5.32 Å². The number of imidazole rings is 1. The van der Waals surface area contributed by atoms with E-state index in [2.05, 4.69) is 15.3 Å². The van der Waals surface area contributed by atoms with Gasteiger partial charge in [0.05, 0.1) is 6.33 Å². The van der Waals surface area contributed by atoms with Crippen LogP contribution in [0.2, 0.25) is 0 Å². The average Bonchev–Trinajstić information content (AvgIpc) is 3.31. The zero-order valence-corrected chi connectivity index (χ0v) is 14.8. The summed E-state index contributed by atoms with van der Waals surface area (Å²) in [5, 5.41) is 11.7. The van der Waals surface area contributed by atoms with Gasteiger partial charge in [0.15, 0.2) is 5.69 Å². The van der Waals surface area contributed by atoms with Gasteiger partial charge in [-0.25, -0.2) is 14.8 Å². The van der Waals surface area contributed by atoms with Crippen molar-refractivity contribution < 1.29 is 27.9 Å². The van der Waals surface area contributed by atoms with Crippen molar-refractivity contribution in [1.29, 1.82) is 0 Å².